The molecule has 1 saturated carbocycles. The van der Waals surface area contributed by atoms with Gasteiger partial charge in [0.15, 0.2) is 0 Å². The van der Waals surface area contributed by atoms with Crippen molar-refractivity contribution in [3.63, 3.8) is 0 Å². The van der Waals surface area contributed by atoms with Gasteiger partial charge in [-0.2, -0.15) is 0 Å². The number of urea groups is 1. The topological polar surface area (TPSA) is 100 Å². The zero-order valence-corrected chi connectivity index (χ0v) is 14.2. The van der Waals surface area contributed by atoms with Gasteiger partial charge in [0, 0.05) is 18.2 Å². The molecule has 25 heavy (non-hydrogen) atoms. The number of anilines is 1. The van der Waals surface area contributed by atoms with Gasteiger partial charge in [-0.25, -0.2) is 4.79 Å². The van der Waals surface area contributed by atoms with Crippen molar-refractivity contribution >= 4 is 17.6 Å². The first-order chi connectivity index (χ1) is 12.1. The van der Waals surface area contributed by atoms with Crippen molar-refractivity contribution in [3.05, 3.63) is 23.8 Å². The van der Waals surface area contributed by atoms with Crippen molar-refractivity contribution < 1.29 is 24.2 Å². The van der Waals surface area contributed by atoms with Gasteiger partial charge in [-0.1, -0.05) is 0 Å². The summed E-state index contributed by atoms with van der Waals surface area (Å²) in [6, 6.07) is 4.79. The molecule has 3 N–H and O–H groups in total. The molecule has 1 aliphatic heterocycles. The fraction of sp³-hybridized carbons (Fsp3) is 0.529. The van der Waals surface area contributed by atoms with Crippen molar-refractivity contribution in [2.24, 2.45) is 0 Å². The Labute approximate surface area is 146 Å². The number of carbonyl (C=O) groups is 2. The monoisotopic (exact) mass is 349 g/mol. The normalized spacial score (nSPS) is 20.6. The standard InChI is InChI=1S/C17H23N3O5/c1-24-15-5-2-11(16(22)18-12-3-4-12)8-14(15)19-17(23)20-6-7-25-10-13(21)9-20/h2,5,8,12-13,21H,3-4,6-7,9-10H2,1H3,(H,18,22)(H,19,23). The second kappa shape index (κ2) is 7.71. The Balaban J connectivity index is 1.72. The van der Waals surface area contributed by atoms with E-state index in [0.29, 0.717) is 30.2 Å². The first-order valence-corrected chi connectivity index (χ1v) is 8.37. The van der Waals surface area contributed by atoms with Gasteiger partial charge in [0.2, 0.25) is 0 Å². The van der Waals surface area contributed by atoms with Crippen molar-refractivity contribution in [1.82, 2.24) is 10.2 Å². The maximum Gasteiger partial charge on any atom is 0.322 e. The average molecular weight is 349 g/mol. The summed E-state index contributed by atoms with van der Waals surface area (Å²) in [7, 11) is 1.50. The highest BCUT2D eigenvalue weighted by Crippen LogP contribution is 2.27. The lowest BCUT2D eigenvalue weighted by atomic mass is 10.1. The first kappa shape index (κ1) is 17.5. The highest BCUT2D eigenvalue weighted by molar-refractivity contribution is 5.98. The third-order valence-corrected chi connectivity index (χ3v) is 4.15. The summed E-state index contributed by atoms with van der Waals surface area (Å²) >= 11 is 0. The maximum absolute atomic E-state index is 12.5. The Morgan fingerprint density at radius 3 is 2.88 bits per heavy atom. The summed E-state index contributed by atoms with van der Waals surface area (Å²) < 4.78 is 10.5. The number of nitrogens with one attached hydrogen (secondary N) is 2. The summed E-state index contributed by atoms with van der Waals surface area (Å²) in [6.45, 7) is 1.15. The number of benzene rings is 1. The van der Waals surface area contributed by atoms with Crippen LogP contribution in [0.25, 0.3) is 0 Å². The summed E-state index contributed by atoms with van der Waals surface area (Å²) in [5.41, 5.74) is 0.873. The summed E-state index contributed by atoms with van der Waals surface area (Å²) in [5.74, 6) is 0.294. The van der Waals surface area contributed by atoms with Crippen molar-refractivity contribution in [2.75, 3.05) is 38.7 Å². The van der Waals surface area contributed by atoms with Gasteiger partial charge in [-0.3, -0.25) is 4.79 Å². The number of hydrogen-bond acceptors (Lipinski definition) is 5. The number of hydrogen-bond donors (Lipinski definition) is 3. The van der Waals surface area contributed by atoms with Gasteiger partial charge in [0.05, 0.1) is 38.7 Å². The SMILES string of the molecule is COc1ccc(C(=O)NC2CC2)cc1NC(=O)N1CCOCC(O)C1. The number of nitrogens with zero attached hydrogens (tertiary/aromatic N) is 1. The van der Waals surface area contributed by atoms with E-state index < -0.39 is 6.10 Å². The molecule has 2 aliphatic rings. The zero-order valence-electron chi connectivity index (χ0n) is 14.2. The molecular weight excluding hydrogens is 326 g/mol. The number of aliphatic hydroxyl groups is 1. The maximum atomic E-state index is 12.5. The van der Waals surface area contributed by atoms with Crippen LogP contribution in [-0.4, -0.2) is 67.5 Å². The van der Waals surface area contributed by atoms with Crippen LogP contribution in [0.15, 0.2) is 18.2 Å². The van der Waals surface area contributed by atoms with Crippen LogP contribution >= 0.6 is 0 Å². The van der Waals surface area contributed by atoms with E-state index in [4.69, 9.17) is 9.47 Å². The molecule has 0 radical (unpaired) electrons. The molecule has 1 atom stereocenters. The van der Waals surface area contributed by atoms with E-state index in [1.807, 2.05) is 0 Å². The van der Waals surface area contributed by atoms with E-state index in [9.17, 15) is 14.7 Å². The van der Waals surface area contributed by atoms with Crippen LogP contribution in [0.3, 0.4) is 0 Å². The molecule has 3 amide bonds. The number of ether oxygens (including phenoxy) is 2. The molecule has 3 rings (SSSR count). The fourth-order valence-corrected chi connectivity index (χ4v) is 2.61. The van der Waals surface area contributed by atoms with Crippen LogP contribution in [0.5, 0.6) is 5.75 Å². The highest BCUT2D eigenvalue weighted by atomic mass is 16.5. The van der Waals surface area contributed by atoms with E-state index in [0.717, 1.165) is 12.8 Å². The van der Waals surface area contributed by atoms with Crippen LogP contribution in [0.4, 0.5) is 10.5 Å². The number of amides is 3. The Hall–Kier alpha value is -2.32. The molecule has 0 spiro atoms. The number of rotatable bonds is 4. The molecule has 8 nitrogen and oxygen atoms in total. The molecule has 1 aliphatic carbocycles. The van der Waals surface area contributed by atoms with Gasteiger partial charge >= 0.3 is 6.03 Å². The van der Waals surface area contributed by atoms with Crippen molar-refractivity contribution in [3.8, 4) is 5.75 Å². The van der Waals surface area contributed by atoms with Crippen LogP contribution in [0, 0.1) is 0 Å². The Morgan fingerprint density at radius 2 is 2.16 bits per heavy atom. The summed E-state index contributed by atoms with van der Waals surface area (Å²) in [5, 5.41) is 15.4. The van der Waals surface area contributed by atoms with Crippen LogP contribution in [0.1, 0.15) is 23.2 Å². The lowest BCUT2D eigenvalue weighted by molar-refractivity contribution is 0.0575. The number of β-amino-alcohol motifs (C(OH)–C–C–N with tert-alkyl or cyclic N) is 1. The molecule has 0 bridgehead atoms. The Kier molecular flexibility index (Phi) is 5.40. The van der Waals surface area contributed by atoms with Gasteiger partial charge in [-0.05, 0) is 31.0 Å². The minimum absolute atomic E-state index is 0.167. The molecule has 2 fully saturated rings. The quantitative estimate of drug-likeness (QED) is 0.747. The second-order valence-electron chi connectivity index (χ2n) is 6.27. The van der Waals surface area contributed by atoms with E-state index in [1.54, 1.807) is 18.2 Å². The molecule has 136 valence electrons. The average Bonchev–Trinajstić information content (AvgIpc) is 3.42. The summed E-state index contributed by atoms with van der Waals surface area (Å²) in [6.07, 6.45) is 1.29. The molecule has 0 aromatic heterocycles. The first-order valence-electron chi connectivity index (χ1n) is 8.37. The predicted octanol–water partition coefficient (Wildman–Crippen LogP) is 0.812. The molecular formula is C17H23N3O5. The molecule has 1 unspecified atom stereocenters. The van der Waals surface area contributed by atoms with Gasteiger partial charge < -0.3 is 30.1 Å². The zero-order chi connectivity index (χ0) is 17.8. The van der Waals surface area contributed by atoms with E-state index >= 15 is 0 Å². The van der Waals surface area contributed by atoms with Gasteiger partial charge in [0.1, 0.15) is 5.75 Å². The minimum atomic E-state index is -0.717. The number of aliphatic hydroxyl groups excluding tert-OH is 1. The molecule has 8 heteroatoms. The van der Waals surface area contributed by atoms with Gasteiger partial charge in [-0.15, -0.1) is 0 Å². The van der Waals surface area contributed by atoms with E-state index in [2.05, 4.69) is 10.6 Å². The number of carbonyl (C=O) groups excluding carboxylic acids is 2. The van der Waals surface area contributed by atoms with Crippen LogP contribution < -0.4 is 15.4 Å². The Morgan fingerprint density at radius 1 is 1.36 bits per heavy atom. The lowest BCUT2D eigenvalue weighted by Crippen LogP contribution is -2.40. The smallest absolute Gasteiger partial charge is 0.322 e. The third kappa shape index (κ3) is 4.61. The van der Waals surface area contributed by atoms with E-state index in [1.165, 1.54) is 12.0 Å². The minimum Gasteiger partial charge on any atom is -0.495 e. The Bertz CT molecular complexity index is 647. The van der Waals surface area contributed by atoms with Gasteiger partial charge in [0.25, 0.3) is 5.91 Å². The highest BCUT2D eigenvalue weighted by Gasteiger charge is 2.25. The molecule has 1 saturated heterocycles. The van der Waals surface area contributed by atoms with Crippen molar-refractivity contribution in [1.29, 1.82) is 0 Å². The molecule has 1 aromatic rings. The number of methoxy groups -OCH3 is 1. The van der Waals surface area contributed by atoms with Crippen molar-refractivity contribution in [2.45, 2.75) is 25.0 Å². The van der Waals surface area contributed by atoms with Crippen LogP contribution in [-0.2, 0) is 4.74 Å². The lowest BCUT2D eigenvalue weighted by Gasteiger charge is -2.22. The van der Waals surface area contributed by atoms with E-state index in [-0.39, 0.29) is 31.1 Å². The molecule has 1 heterocycles. The predicted molar refractivity (Wildman–Crippen MR) is 90.9 cm³/mol. The fourth-order valence-electron chi connectivity index (χ4n) is 2.61. The third-order valence-electron chi connectivity index (χ3n) is 4.15. The molecule has 1 aromatic carbocycles. The van der Waals surface area contributed by atoms with Crippen LogP contribution in [0.2, 0.25) is 0 Å². The second-order valence-corrected chi connectivity index (χ2v) is 6.27. The largest absolute Gasteiger partial charge is 0.495 e. The summed E-state index contributed by atoms with van der Waals surface area (Å²) in [4.78, 5) is 26.2.